The number of rotatable bonds is 3. The summed E-state index contributed by atoms with van der Waals surface area (Å²) < 4.78 is 25.6. The molecule has 7 heteroatoms. The maximum Gasteiger partial charge on any atom is 0.162 e. The number of halogens is 1. The average molecular weight is 349 g/mol. The van der Waals surface area contributed by atoms with Gasteiger partial charge in [0.25, 0.3) is 0 Å². The van der Waals surface area contributed by atoms with E-state index >= 15 is 0 Å². The summed E-state index contributed by atoms with van der Waals surface area (Å²) >= 11 is 6.25. The fourth-order valence-corrected chi connectivity index (χ4v) is 3.98. The number of imidazole rings is 1. The molecule has 1 aromatic carbocycles. The predicted octanol–water partition coefficient (Wildman–Crippen LogP) is 3.07. The zero-order chi connectivity index (χ0) is 15.8. The minimum Gasteiger partial charge on any atom is -0.486 e. The van der Waals surface area contributed by atoms with Crippen LogP contribution in [0.5, 0.6) is 11.5 Å². The number of aromatic nitrogens is 2. The quantitative estimate of drug-likeness (QED) is 0.730. The van der Waals surface area contributed by atoms with Gasteiger partial charge in [0.1, 0.15) is 18.9 Å². The second kappa shape index (κ2) is 5.86. The van der Waals surface area contributed by atoms with Crippen LogP contribution in [0.25, 0.3) is 5.65 Å². The Balaban J connectivity index is 1.63. The molecule has 0 fully saturated rings. The number of nitrogens with zero attached hydrogens (tertiary/aromatic N) is 2. The highest BCUT2D eigenvalue weighted by molar-refractivity contribution is 7.84. The molecule has 1 unspecified atom stereocenters. The van der Waals surface area contributed by atoms with E-state index < -0.39 is 10.8 Å². The molecular formula is C16H13ClN2O3S. The first-order valence-corrected chi connectivity index (χ1v) is 8.80. The van der Waals surface area contributed by atoms with Crippen LogP contribution >= 0.6 is 11.6 Å². The molecule has 0 saturated heterocycles. The highest BCUT2D eigenvalue weighted by atomic mass is 35.5. The van der Waals surface area contributed by atoms with Gasteiger partial charge >= 0.3 is 0 Å². The van der Waals surface area contributed by atoms with E-state index in [0.29, 0.717) is 40.4 Å². The third-order valence-corrected chi connectivity index (χ3v) is 5.35. The number of ether oxygens (including phenoxy) is 2. The van der Waals surface area contributed by atoms with E-state index in [1.807, 2.05) is 35.0 Å². The van der Waals surface area contributed by atoms with E-state index in [0.717, 1.165) is 11.3 Å². The Hall–Kier alpha value is -2.05. The first kappa shape index (κ1) is 14.5. The van der Waals surface area contributed by atoms with Gasteiger partial charge in [-0.05, 0) is 12.1 Å². The van der Waals surface area contributed by atoms with Crippen LogP contribution in [0.1, 0.15) is 5.69 Å². The summed E-state index contributed by atoms with van der Waals surface area (Å²) in [6.45, 7) is 0.972. The van der Waals surface area contributed by atoms with Crippen molar-refractivity contribution in [3.05, 3.63) is 53.4 Å². The minimum absolute atomic E-state index is 0.293. The van der Waals surface area contributed by atoms with Gasteiger partial charge in [-0.1, -0.05) is 17.7 Å². The number of pyridine rings is 1. The van der Waals surface area contributed by atoms with Gasteiger partial charge in [-0.15, -0.1) is 0 Å². The van der Waals surface area contributed by atoms with Crippen LogP contribution in [0.2, 0.25) is 5.02 Å². The smallest absolute Gasteiger partial charge is 0.162 e. The SMILES string of the molecule is O=S(Cc1cn2ccccc2n1)c1cc2c(cc1Cl)OCCO2. The molecule has 2 aromatic heterocycles. The monoisotopic (exact) mass is 348 g/mol. The van der Waals surface area contributed by atoms with Crippen molar-refractivity contribution >= 4 is 28.0 Å². The molecule has 0 saturated carbocycles. The first-order chi connectivity index (χ1) is 11.2. The zero-order valence-corrected chi connectivity index (χ0v) is 13.6. The molecule has 1 aliphatic heterocycles. The van der Waals surface area contributed by atoms with Crippen LogP contribution in [0, 0.1) is 0 Å². The third-order valence-electron chi connectivity index (χ3n) is 3.53. The van der Waals surface area contributed by atoms with Gasteiger partial charge < -0.3 is 13.9 Å². The Bertz CT molecular complexity index is 876. The summed E-state index contributed by atoms with van der Waals surface area (Å²) in [5, 5.41) is 0.413. The Morgan fingerprint density at radius 1 is 1.22 bits per heavy atom. The van der Waals surface area contributed by atoms with E-state index in [2.05, 4.69) is 4.98 Å². The molecule has 0 N–H and O–H groups in total. The van der Waals surface area contributed by atoms with E-state index in [9.17, 15) is 4.21 Å². The van der Waals surface area contributed by atoms with Crippen LogP contribution in [0.15, 0.2) is 47.6 Å². The van der Waals surface area contributed by atoms with E-state index in [1.54, 1.807) is 12.1 Å². The molecule has 23 heavy (non-hydrogen) atoms. The van der Waals surface area contributed by atoms with E-state index in [-0.39, 0.29) is 0 Å². The molecule has 0 spiro atoms. The maximum atomic E-state index is 12.7. The average Bonchev–Trinajstić information content (AvgIpc) is 2.96. The van der Waals surface area contributed by atoms with Gasteiger partial charge in [-0.3, -0.25) is 4.21 Å². The number of fused-ring (bicyclic) bond motifs is 2. The highest BCUT2D eigenvalue weighted by Gasteiger charge is 2.19. The number of benzene rings is 1. The summed E-state index contributed by atoms with van der Waals surface area (Å²) in [5.41, 5.74) is 1.58. The van der Waals surface area contributed by atoms with Crippen molar-refractivity contribution in [2.75, 3.05) is 13.2 Å². The largest absolute Gasteiger partial charge is 0.486 e. The summed E-state index contributed by atoms with van der Waals surface area (Å²) in [6.07, 6.45) is 3.78. The van der Waals surface area contributed by atoms with Crippen LogP contribution in [-0.2, 0) is 16.6 Å². The first-order valence-electron chi connectivity index (χ1n) is 7.11. The number of hydrogen-bond donors (Lipinski definition) is 0. The van der Waals surface area contributed by atoms with Gasteiger partial charge in [0, 0.05) is 24.5 Å². The standard InChI is InChI=1S/C16H13ClN2O3S/c17-12-7-13-14(22-6-5-21-13)8-15(12)23(20)10-11-9-19-4-2-1-3-16(19)18-11/h1-4,7-9H,5-6,10H2. The van der Waals surface area contributed by atoms with Gasteiger partial charge in [0.05, 0.1) is 32.2 Å². The lowest BCUT2D eigenvalue weighted by atomic mass is 10.3. The Morgan fingerprint density at radius 2 is 2.00 bits per heavy atom. The molecule has 0 amide bonds. The Labute approximate surface area is 140 Å². The van der Waals surface area contributed by atoms with Crippen molar-refractivity contribution in [2.24, 2.45) is 0 Å². The molecule has 5 nitrogen and oxygen atoms in total. The van der Waals surface area contributed by atoms with Gasteiger partial charge in [-0.25, -0.2) is 4.98 Å². The second-order valence-corrected chi connectivity index (χ2v) is 6.94. The molecule has 3 aromatic rings. The number of hydrogen-bond acceptors (Lipinski definition) is 4. The Morgan fingerprint density at radius 3 is 2.78 bits per heavy atom. The normalized spacial score (nSPS) is 14.8. The van der Waals surface area contributed by atoms with Crippen molar-refractivity contribution in [1.82, 2.24) is 9.38 Å². The molecule has 0 aliphatic carbocycles. The van der Waals surface area contributed by atoms with Crippen LogP contribution in [0.3, 0.4) is 0 Å². The van der Waals surface area contributed by atoms with Crippen molar-refractivity contribution in [1.29, 1.82) is 0 Å². The lowest BCUT2D eigenvalue weighted by Gasteiger charge is -2.19. The topological polar surface area (TPSA) is 52.8 Å². The van der Waals surface area contributed by atoms with Crippen LogP contribution in [-0.4, -0.2) is 26.8 Å². The lowest BCUT2D eigenvalue weighted by Crippen LogP contribution is -2.15. The lowest BCUT2D eigenvalue weighted by molar-refractivity contribution is 0.171. The van der Waals surface area contributed by atoms with E-state index in [1.165, 1.54) is 0 Å². The fraction of sp³-hybridized carbons (Fsp3) is 0.188. The van der Waals surface area contributed by atoms with Crippen molar-refractivity contribution < 1.29 is 13.7 Å². The highest BCUT2D eigenvalue weighted by Crippen LogP contribution is 2.37. The molecular weight excluding hydrogens is 336 g/mol. The third kappa shape index (κ3) is 2.80. The predicted molar refractivity (Wildman–Crippen MR) is 87.7 cm³/mol. The van der Waals surface area contributed by atoms with Gasteiger partial charge in [0.15, 0.2) is 11.5 Å². The summed E-state index contributed by atoms with van der Waals surface area (Å²) in [5.74, 6) is 1.47. The Kier molecular flexibility index (Phi) is 3.71. The van der Waals surface area contributed by atoms with Crippen LogP contribution in [0.4, 0.5) is 0 Å². The second-order valence-electron chi connectivity index (χ2n) is 5.11. The maximum absolute atomic E-state index is 12.7. The molecule has 0 radical (unpaired) electrons. The van der Waals surface area contributed by atoms with Crippen molar-refractivity contribution in [3.63, 3.8) is 0 Å². The van der Waals surface area contributed by atoms with E-state index in [4.69, 9.17) is 21.1 Å². The van der Waals surface area contributed by atoms with Crippen LogP contribution < -0.4 is 9.47 Å². The fourth-order valence-electron chi connectivity index (χ4n) is 2.49. The van der Waals surface area contributed by atoms with Gasteiger partial charge in [0.2, 0.25) is 0 Å². The molecule has 3 heterocycles. The summed E-state index contributed by atoms with van der Waals surface area (Å²) in [4.78, 5) is 5.00. The van der Waals surface area contributed by atoms with Gasteiger partial charge in [-0.2, -0.15) is 0 Å². The summed E-state index contributed by atoms with van der Waals surface area (Å²) in [6, 6.07) is 9.10. The summed E-state index contributed by atoms with van der Waals surface area (Å²) in [7, 11) is -1.31. The molecule has 0 bridgehead atoms. The van der Waals surface area contributed by atoms with Crippen molar-refractivity contribution in [3.8, 4) is 11.5 Å². The molecule has 1 atom stereocenters. The van der Waals surface area contributed by atoms with Crippen molar-refractivity contribution in [2.45, 2.75) is 10.6 Å². The zero-order valence-electron chi connectivity index (χ0n) is 12.1. The molecule has 1 aliphatic rings. The molecule has 4 rings (SSSR count). The minimum atomic E-state index is -1.31. The molecule has 118 valence electrons.